The maximum absolute atomic E-state index is 13.8. The first kappa shape index (κ1) is 15.7. The van der Waals surface area contributed by atoms with Crippen LogP contribution in [-0.2, 0) is 6.54 Å². The maximum Gasteiger partial charge on any atom is 0.132 e. The van der Waals surface area contributed by atoms with E-state index in [1.807, 2.05) is 13.8 Å². The summed E-state index contributed by atoms with van der Waals surface area (Å²) in [6, 6.07) is 6.64. The lowest BCUT2D eigenvalue weighted by atomic mass is 10.0. The van der Waals surface area contributed by atoms with Crippen LogP contribution >= 0.6 is 0 Å². The number of hydrogen-bond acceptors (Lipinski definition) is 3. The number of nitrogens with zero attached hydrogens (tertiary/aromatic N) is 1. The summed E-state index contributed by atoms with van der Waals surface area (Å²) in [5.74, 6) is -0.00655. The fourth-order valence-electron chi connectivity index (χ4n) is 2.15. The smallest absolute Gasteiger partial charge is 0.132 e. The highest BCUT2D eigenvalue weighted by atomic mass is 19.1. The fourth-order valence-corrected chi connectivity index (χ4v) is 2.15. The van der Waals surface area contributed by atoms with Gasteiger partial charge in [-0.3, -0.25) is 5.10 Å². The van der Waals surface area contributed by atoms with Gasteiger partial charge in [0, 0.05) is 17.7 Å². The molecule has 2 aromatic rings. The molecule has 0 aliphatic carbocycles. The molecule has 0 bridgehead atoms. The second-order valence-corrected chi connectivity index (χ2v) is 5.53. The van der Waals surface area contributed by atoms with Crippen molar-refractivity contribution in [3.05, 3.63) is 41.8 Å². The average molecular weight is 291 g/mol. The van der Waals surface area contributed by atoms with E-state index in [4.69, 9.17) is 0 Å². The molecule has 1 unspecified atom stereocenters. The first-order chi connectivity index (χ1) is 10.1. The summed E-state index contributed by atoms with van der Waals surface area (Å²) >= 11 is 0. The lowest BCUT2D eigenvalue weighted by Gasteiger charge is -2.14. The van der Waals surface area contributed by atoms with E-state index in [2.05, 4.69) is 15.5 Å². The number of aromatic nitrogens is 2. The van der Waals surface area contributed by atoms with E-state index in [0.717, 1.165) is 5.56 Å². The summed E-state index contributed by atoms with van der Waals surface area (Å²) in [5.41, 5.74) is 2.14. The Bertz CT molecular complexity index is 568. The van der Waals surface area contributed by atoms with Crippen molar-refractivity contribution in [2.45, 2.75) is 32.9 Å². The predicted molar refractivity (Wildman–Crippen MR) is 81.2 cm³/mol. The highest BCUT2D eigenvalue weighted by molar-refractivity contribution is 5.63. The van der Waals surface area contributed by atoms with Gasteiger partial charge in [0.15, 0.2) is 0 Å². The topological polar surface area (TPSA) is 60.9 Å². The Hall–Kier alpha value is -1.72. The van der Waals surface area contributed by atoms with Gasteiger partial charge in [0.2, 0.25) is 0 Å². The number of rotatable bonds is 7. The molecule has 3 N–H and O–H groups in total. The molecule has 114 valence electrons. The van der Waals surface area contributed by atoms with E-state index < -0.39 is 0 Å². The standard InChI is InChI=1S/C16H22FN3O/c1-11(2)15(21)7-8-18-9-12-10-19-20-16(12)13-5-3-4-6-14(13)17/h3-6,10-11,15,18,21H,7-9H2,1-2H3,(H,19,20). The SMILES string of the molecule is CC(C)C(O)CCNCc1cn[nH]c1-c1ccccc1F. The van der Waals surface area contributed by atoms with Crippen LogP contribution in [-0.4, -0.2) is 28.0 Å². The van der Waals surface area contributed by atoms with Gasteiger partial charge >= 0.3 is 0 Å². The van der Waals surface area contributed by atoms with Crippen molar-refractivity contribution in [2.24, 2.45) is 5.92 Å². The lowest BCUT2D eigenvalue weighted by molar-refractivity contribution is 0.116. The number of nitrogens with one attached hydrogen (secondary N) is 2. The molecule has 0 spiro atoms. The molecule has 0 amide bonds. The summed E-state index contributed by atoms with van der Waals surface area (Å²) in [7, 11) is 0. The first-order valence-electron chi connectivity index (χ1n) is 7.25. The second kappa shape index (κ2) is 7.33. The fraction of sp³-hybridized carbons (Fsp3) is 0.438. The van der Waals surface area contributed by atoms with Crippen LogP contribution in [0, 0.1) is 11.7 Å². The van der Waals surface area contributed by atoms with Crippen LogP contribution in [0.15, 0.2) is 30.5 Å². The molecule has 4 nitrogen and oxygen atoms in total. The summed E-state index contributed by atoms with van der Waals surface area (Å²) in [6.07, 6.45) is 2.10. The Morgan fingerprint density at radius 3 is 2.81 bits per heavy atom. The van der Waals surface area contributed by atoms with Gasteiger partial charge in [0.05, 0.1) is 18.0 Å². The Labute approximate surface area is 124 Å². The summed E-state index contributed by atoms with van der Waals surface area (Å²) < 4.78 is 13.8. The zero-order valence-corrected chi connectivity index (χ0v) is 12.4. The zero-order valence-electron chi connectivity index (χ0n) is 12.4. The number of benzene rings is 1. The molecule has 21 heavy (non-hydrogen) atoms. The van der Waals surface area contributed by atoms with E-state index in [1.165, 1.54) is 6.07 Å². The van der Waals surface area contributed by atoms with E-state index >= 15 is 0 Å². The first-order valence-corrected chi connectivity index (χ1v) is 7.25. The Morgan fingerprint density at radius 1 is 1.33 bits per heavy atom. The van der Waals surface area contributed by atoms with E-state index in [1.54, 1.807) is 24.4 Å². The van der Waals surface area contributed by atoms with Crippen molar-refractivity contribution in [1.82, 2.24) is 15.5 Å². The van der Waals surface area contributed by atoms with Crippen LogP contribution in [0.5, 0.6) is 0 Å². The Balaban J connectivity index is 1.94. The van der Waals surface area contributed by atoms with Crippen LogP contribution < -0.4 is 5.32 Å². The van der Waals surface area contributed by atoms with Gasteiger partial charge in [-0.1, -0.05) is 26.0 Å². The molecule has 0 saturated heterocycles. The van der Waals surface area contributed by atoms with E-state index in [9.17, 15) is 9.50 Å². The zero-order chi connectivity index (χ0) is 15.2. The molecular weight excluding hydrogens is 269 g/mol. The van der Waals surface area contributed by atoms with Gasteiger partial charge in [-0.05, 0) is 31.0 Å². The highest BCUT2D eigenvalue weighted by Gasteiger charge is 2.12. The molecule has 0 radical (unpaired) electrons. The molecular formula is C16H22FN3O. The summed E-state index contributed by atoms with van der Waals surface area (Å²) in [4.78, 5) is 0. The molecule has 1 heterocycles. The minimum atomic E-state index is -0.298. The second-order valence-electron chi connectivity index (χ2n) is 5.53. The third-order valence-electron chi connectivity index (χ3n) is 3.56. The quantitative estimate of drug-likeness (QED) is 0.687. The number of halogens is 1. The van der Waals surface area contributed by atoms with Gasteiger partial charge < -0.3 is 10.4 Å². The number of H-pyrrole nitrogens is 1. The normalized spacial score (nSPS) is 12.8. The molecule has 0 aliphatic heterocycles. The lowest BCUT2D eigenvalue weighted by Crippen LogP contribution is -2.23. The Kier molecular flexibility index (Phi) is 5.47. The van der Waals surface area contributed by atoms with Crippen LogP contribution in [0.2, 0.25) is 0 Å². The molecule has 2 rings (SSSR count). The molecule has 1 aromatic heterocycles. The van der Waals surface area contributed by atoms with Crippen molar-refractivity contribution >= 4 is 0 Å². The number of aliphatic hydroxyl groups is 1. The third-order valence-corrected chi connectivity index (χ3v) is 3.56. The monoisotopic (exact) mass is 291 g/mol. The van der Waals surface area contributed by atoms with E-state index in [0.29, 0.717) is 30.8 Å². The van der Waals surface area contributed by atoms with Gasteiger partial charge in [-0.2, -0.15) is 5.10 Å². The van der Waals surface area contributed by atoms with Crippen LogP contribution in [0.4, 0.5) is 4.39 Å². The maximum atomic E-state index is 13.8. The molecule has 0 fully saturated rings. The van der Waals surface area contributed by atoms with Gasteiger partial charge in [0.25, 0.3) is 0 Å². The predicted octanol–water partition coefficient (Wildman–Crippen LogP) is 2.71. The van der Waals surface area contributed by atoms with Gasteiger partial charge in [-0.15, -0.1) is 0 Å². The average Bonchev–Trinajstić information content (AvgIpc) is 2.92. The van der Waals surface area contributed by atoms with Crippen molar-refractivity contribution < 1.29 is 9.50 Å². The van der Waals surface area contributed by atoms with Crippen LogP contribution in [0.3, 0.4) is 0 Å². The molecule has 1 aromatic carbocycles. The van der Waals surface area contributed by atoms with Crippen molar-refractivity contribution in [1.29, 1.82) is 0 Å². The van der Waals surface area contributed by atoms with Crippen LogP contribution in [0.25, 0.3) is 11.3 Å². The van der Waals surface area contributed by atoms with Gasteiger partial charge in [0.1, 0.15) is 5.82 Å². The molecule has 0 aliphatic rings. The molecule has 0 saturated carbocycles. The van der Waals surface area contributed by atoms with E-state index in [-0.39, 0.29) is 17.8 Å². The number of hydrogen-bond donors (Lipinski definition) is 3. The van der Waals surface area contributed by atoms with Crippen molar-refractivity contribution in [3.63, 3.8) is 0 Å². The molecule has 5 heteroatoms. The Morgan fingerprint density at radius 2 is 2.10 bits per heavy atom. The highest BCUT2D eigenvalue weighted by Crippen LogP contribution is 2.23. The van der Waals surface area contributed by atoms with Crippen LogP contribution in [0.1, 0.15) is 25.8 Å². The van der Waals surface area contributed by atoms with Crippen molar-refractivity contribution in [2.75, 3.05) is 6.54 Å². The van der Waals surface area contributed by atoms with Gasteiger partial charge in [-0.25, -0.2) is 4.39 Å². The number of aromatic amines is 1. The summed E-state index contributed by atoms with van der Waals surface area (Å²) in [6.45, 7) is 5.29. The minimum absolute atomic E-state index is 0.259. The molecule has 1 atom stereocenters. The summed E-state index contributed by atoms with van der Waals surface area (Å²) in [5, 5.41) is 19.9. The van der Waals surface area contributed by atoms with Crippen molar-refractivity contribution in [3.8, 4) is 11.3 Å². The third kappa shape index (κ3) is 4.12. The minimum Gasteiger partial charge on any atom is -0.393 e. The largest absolute Gasteiger partial charge is 0.393 e. The number of aliphatic hydroxyl groups excluding tert-OH is 1.